The van der Waals surface area contributed by atoms with Gasteiger partial charge >= 0.3 is 5.97 Å². The number of hydrogen-bond acceptors (Lipinski definition) is 6. The first-order valence-electron chi connectivity index (χ1n) is 7.47. The van der Waals surface area contributed by atoms with E-state index in [4.69, 9.17) is 15.2 Å². The molecule has 3 N–H and O–H groups in total. The SMILES string of the molecule is COC(=O)COc1cccc(CNC(=O)C2(N)CCOCC2)c1. The maximum atomic E-state index is 12.2. The minimum atomic E-state index is -0.864. The van der Waals surface area contributed by atoms with Gasteiger partial charge in [-0.1, -0.05) is 12.1 Å². The molecule has 1 aliphatic heterocycles. The Bertz CT molecular complexity index is 555. The topological polar surface area (TPSA) is 99.9 Å². The van der Waals surface area contributed by atoms with Crippen molar-refractivity contribution in [2.24, 2.45) is 5.73 Å². The molecular weight excluding hydrogens is 300 g/mol. The summed E-state index contributed by atoms with van der Waals surface area (Å²) >= 11 is 0. The average molecular weight is 322 g/mol. The van der Waals surface area contributed by atoms with Crippen molar-refractivity contribution in [3.8, 4) is 5.75 Å². The number of carbonyl (C=O) groups is 2. The van der Waals surface area contributed by atoms with E-state index in [1.807, 2.05) is 6.07 Å². The van der Waals surface area contributed by atoms with Gasteiger partial charge in [-0.3, -0.25) is 4.79 Å². The Balaban J connectivity index is 1.87. The highest BCUT2D eigenvalue weighted by atomic mass is 16.6. The molecule has 1 aliphatic rings. The average Bonchev–Trinajstić information content (AvgIpc) is 2.58. The molecule has 0 aliphatic carbocycles. The van der Waals surface area contributed by atoms with Crippen LogP contribution in [-0.2, 0) is 25.6 Å². The molecule has 23 heavy (non-hydrogen) atoms. The molecule has 1 fully saturated rings. The molecule has 2 rings (SSSR count). The standard InChI is InChI=1S/C16H22N2O5/c1-21-14(19)11-23-13-4-2-3-12(9-13)10-18-15(20)16(17)5-7-22-8-6-16/h2-4,9H,5-8,10-11,17H2,1H3,(H,18,20). The summed E-state index contributed by atoms with van der Waals surface area (Å²) in [5.41, 5.74) is 6.12. The molecule has 1 amide bonds. The van der Waals surface area contributed by atoms with Crippen LogP contribution in [0.2, 0.25) is 0 Å². The van der Waals surface area contributed by atoms with Crippen molar-refractivity contribution in [3.05, 3.63) is 29.8 Å². The van der Waals surface area contributed by atoms with Crippen LogP contribution in [0, 0.1) is 0 Å². The lowest BCUT2D eigenvalue weighted by Crippen LogP contribution is -2.56. The van der Waals surface area contributed by atoms with Crippen LogP contribution < -0.4 is 15.8 Å². The Hall–Kier alpha value is -2.12. The van der Waals surface area contributed by atoms with Crippen molar-refractivity contribution in [2.45, 2.75) is 24.9 Å². The zero-order chi connectivity index (χ0) is 16.7. The minimum Gasteiger partial charge on any atom is -0.482 e. The molecule has 1 aromatic rings. The Labute approximate surface area is 135 Å². The monoisotopic (exact) mass is 322 g/mol. The van der Waals surface area contributed by atoms with Gasteiger partial charge in [-0.15, -0.1) is 0 Å². The van der Waals surface area contributed by atoms with Crippen molar-refractivity contribution in [1.29, 1.82) is 0 Å². The first kappa shape index (κ1) is 17.2. The fourth-order valence-electron chi connectivity index (χ4n) is 2.27. The highest BCUT2D eigenvalue weighted by Gasteiger charge is 2.35. The van der Waals surface area contributed by atoms with E-state index < -0.39 is 11.5 Å². The van der Waals surface area contributed by atoms with Crippen LogP contribution in [0.5, 0.6) is 5.75 Å². The lowest BCUT2D eigenvalue weighted by molar-refractivity contribution is -0.142. The summed E-state index contributed by atoms with van der Waals surface area (Å²) in [6, 6.07) is 7.15. The van der Waals surface area contributed by atoms with E-state index in [1.54, 1.807) is 18.2 Å². The normalized spacial score (nSPS) is 16.4. The van der Waals surface area contributed by atoms with E-state index in [0.717, 1.165) is 5.56 Å². The second-order valence-corrected chi connectivity index (χ2v) is 5.46. The number of nitrogens with one attached hydrogen (secondary N) is 1. The summed E-state index contributed by atoms with van der Waals surface area (Å²) in [5.74, 6) is -0.0920. The molecule has 7 heteroatoms. The molecule has 7 nitrogen and oxygen atoms in total. The van der Waals surface area contributed by atoms with Gasteiger partial charge in [0.1, 0.15) is 5.75 Å². The maximum absolute atomic E-state index is 12.2. The Morgan fingerprint density at radius 3 is 2.78 bits per heavy atom. The van der Waals surface area contributed by atoms with Crippen LogP contribution in [0.4, 0.5) is 0 Å². The fourth-order valence-corrected chi connectivity index (χ4v) is 2.27. The number of amides is 1. The zero-order valence-electron chi connectivity index (χ0n) is 13.2. The van der Waals surface area contributed by atoms with E-state index >= 15 is 0 Å². The first-order valence-corrected chi connectivity index (χ1v) is 7.47. The highest BCUT2D eigenvalue weighted by Crippen LogP contribution is 2.18. The van der Waals surface area contributed by atoms with Gasteiger partial charge in [0.15, 0.2) is 6.61 Å². The second kappa shape index (κ2) is 7.94. The van der Waals surface area contributed by atoms with E-state index in [9.17, 15) is 9.59 Å². The highest BCUT2D eigenvalue weighted by molar-refractivity contribution is 5.86. The molecule has 0 atom stereocenters. The minimum absolute atomic E-state index is 0.155. The summed E-state index contributed by atoms with van der Waals surface area (Å²) in [5, 5.41) is 2.85. The number of rotatable bonds is 6. The van der Waals surface area contributed by atoms with Crippen molar-refractivity contribution in [1.82, 2.24) is 5.32 Å². The Kier molecular flexibility index (Phi) is 5.95. The third-order valence-electron chi connectivity index (χ3n) is 3.77. The third kappa shape index (κ3) is 4.94. The van der Waals surface area contributed by atoms with Gasteiger partial charge in [-0.05, 0) is 30.5 Å². The van der Waals surface area contributed by atoms with Crippen LogP contribution in [0.3, 0.4) is 0 Å². The van der Waals surface area contributed by atoms with Gasteiger partial charge in [0.05, 0.1) is 12.6 Å². The molecular formula is C16H22N2O5. The predicted octanol–water partition coefficient (Wildman–Crippen LogP) is 0.363. The number of carbonyl (C=O) groups excluding carboxylic acids is 2. The van der Waals surface area contributed by atoms with Crippen molar-refractivity contribution in [3.63, 3.8) is 0 Å². The Morgan fingerprint density at radius 1 is 1.35 bits per heavy atom. The molecule has 0 aromatic heterocycles. The van der Waals surface area contributed by atoms with Crippen LogP contribution >= 0.6 is 0 Å². The molecule has 0 bridgehead atoms. The fraction of sp³-hybridized carbons (Fsp3) is 0.500. The number of hydrogen-bond donors (Lipinski definition) is 2. The molecule has 0 radical (unpaired) electrons. The van der Waals surface area contributed by atoms with Crippen LogP contribution in [-0.4, -0.2) is 44.3 Å². The third-order valence-corrected chi connectivity index (χ3v) is 3.77. The van der Waals surface area contributed by atoms with Crippen LogP contribution in [0.25, 0.3) is 0 Å². The van der Waals surface area contributed by atoms with Gasteiger partial charge in [-0.2, -0.15) is 0 Å². The Morgan fingerprint density at radius 2 is 2.09 bits per heavy atom. The summed E-state index contributed by atoms with van der Waals surface area (Å²) < 4.78 is 15.1. The number of benzene rings is 1. The van der Waals surface area contributed by atoms with Crippen LogP contribution in [0.15, 0.2) is 24.3 Å². The number of ether oxygens (including phenoxy) is 3. The van der Waals surface area contributed by atoms with E-state index in [2.05, 4.69) is 10.1 Å². The van der Waals surface area contributed by atoms with Crippen molar-refractivity contribution < 1.29 is 23.8 Å². The van der Waals surface area contributed by atoms with E-state index in [0.29, 0.717) is 38.3 Å². The lowest BCUT2D eigenvalue weighted by atomic mass is 9.90. The summed E-state index contributed by atoms with van der Waals surface area (Å²) in [6.45, 7) is 1.19. The van der Waals surface area contributed by atoms with Gasteiger partial charge < -0.3 is 25.3 Å². The molecule has 0 spiro atoms. The summed E-state index contributed by atoms with van der Waals surface area (Å²) in [4.78, 5) is 23.3. The molecule has 0 unspecified atom stereocenters. The van der Waals surface area contributed by atoms with Gasteiger partial charge in [0.2, 0.25) is 5.91 Å². The number of methoxy groups -OCH3 is 1. The molecule has 0 saturated carbocycles. The summed E-state index contributed by atoms with van der Waals surface area (Å²) in [7, 11) is 1.30. The van der Waals surface area contributed by atoms with Crippen molar-refractivity contribution in [2.75, 3.05) is 26.9 Å². The molecule has 126 valence electrons. The molecule has 1 heterocycles. The molecule has 1 aromatic carbocycles. The predicted molar refractivity (Wildman–Crippen MR) is 82.8 cm³/mol. The smallest absolute Gasteiger partial charge is 0.343 e. The van der Waals surface area contributed by atoms with Crippen LogP contribution in [0.1, 0.15) is 18.4 Å². The van der Waals surface area contributed by atoms with Gasteiger partial charge in [0, 0.05) is 19.8 Å². The second-order valence-electron chi connectivity index (χ2n) is 5.46. The number of nitrogens with two attached hydrogens (primary N) is 1. The largest absolute Gasteiger partial charge is 0.482 e. The maximum Gasteiger partial charge on any atom is 0.343 e. The van der Waals surface area contributed by atoms with E-state index in [1.165, 1.54) is 7.11 Å². The van der Waals surface area contributed by atoms with Crippen molar-refractivity contribution >= 4 is 11.9 Å². The summed E-state index contributed by atoms with van der Waals surface area (Å²) in [6.07, 6.45) is 1.03. The first-order chi connectivity index (χ1) is 11.0. The zero-order valence-corrected chi connectivity index (χ0v) is 13.2. The quantitative estimate of drug-likeness (QED) is 0.734. The van der Waals surface area contributed by atoms with Gasteiger partial charge in [0.25, 0.3) is 0 Å². The molecule has 1 saturated heterocycles. The van der Waals surface area contributed by atoms with E-state index in [-0.39, 0.29) is 12.5 Å². The van der Waals surface area contributed by atoms with Gasteiger partial charge in [-0.25, -0.2) is 4.79 Å². The lowest BCUT2D eigenvalue weighted by Gasteiger charge is -2.31. The number of esters is 1.